The fraction of sp³-hybridized carbons (Fsp3) is 0.429. The number of aromatic nitrogens is 1. The second-order valence-electron chi connectivity index (χ2n) is 4.82. The van der Waals surface area contributed by atoms with Gasteiger partial charge in [0.1, 0.15) is 0 Å². The Morgan fingerprint density at radius 3 is 2.72 bits per heavy atom. The molecule has 0 aliphatic carbocycles. The molecule has 0 fully saturated rings. The summed E-state index contributed by atoms with van der Waals surface area (Å²) in [6.45, 7) is 6.45. The summed E-state index contributed by atoms with van der Waals surface area (Å²) in [6, 6.07) is 5.19. The second-order valence-corrected chi connectivity index (χ2v) is 4.82. The van der Waals surface area contributed by atoms with Crippen molar-refractivity contribution in [3.8, 4) is 0 Å². The molecular formula is C14H17NO3. The first kappa shape index (κ1) is 12.6. The van der Waals surface area contributed by atoms with Crippen LogP contribution >= 0.6 is 0 Å². The number of hydrogen-bond donors (Lipinski definition) is 0. The maximum absolute atomic E-state index is 11.9. The molecule has 96 valence electrons. The van der Waals surface area contributed by atoms with Crippen molar-refractivity contribution in [2.75, 3.05) is 0 Å². The van der Waals surface area contributed by atoms with Crippen molar-refractivity contribution >= 4 is 16.9 Å². The van der Waals surface area contributed by atoms with Crippen molar-refractivity contribution in [3.05, 3.63) is 34.3 Å². The molecule has 0 spiro atoms. The molecule has 1 heterocycles. The maximum Gasteiger partial charge on any atom is 0.419 e. The minimum absolute atomic E-state index is 0.0822. The van der Waals surface area contributed by atoms with E-state index in [-0.39, 0.29) is 11.5 Å². The van der Waals surface area contributed by atoms with E-state index in [1.165, 1.54) is 0 Å². The van der Waals surface area contributed by atoms with Gasteiger partial charge in [-0.15, -0.1) is 0 Å². The number of aryl methyl sites for hydroxylation is 1. The lowest BCUT2D eigenvalue weighted by Crippen LogP contribution is -2.11. The molecule has 0 amide bonds. The number of Topliss-reactive ketones (excluding diaryl/α,β-unsaturated/α-hetero) is 1. The van der Waals surface area contributed by atoms with E-state index in [1.54, 1.807) is 22.8 Å². The lowest BCUT2D eigenvalue weighted by atomic mass is 10.0. The fourth-order valence-electron chi connectivity index (χ4n) is 2.03. The van der Waals surface area contributed by atoms with Crippen LogP contribution in [-0.2, 0) is 6.54 Å². The Labute approximate surface area is 105 Å². The third kappa shape index (κ3) is 2.23. The van der Waals surface area contributed by atoms with Gasteiger partial charge in [-0.05, 0) is 31.0 Å². The predicted octanol–water partition coefficient (Wildman–Crippen LogP) is 2.84. The number of hydrogen-bond acceptors (Lipinski definition) is 3. The van der Waals surface area contributed by atoms with Crippen molar-refractivity contribution < 1.29 is 9.21 Å². The number of carbonyl (C=O) groups is 1. The SMILES string of the molecule is CCn1c(=O)oc2cc(C(=O)CC(C)C)ccc21. The van der Waals surface area contributed by atoms with Gasteiger partial charge in [-0.25, -0.2) is 4.79 Å². The molecule has 0 aliphatic heterocycles. The average Bonchev–Trinajstić information content (AvgIpc) is 2.62. The molecule has 0 saturated heterocycles. The predicted molar refractivity (Wildman–Crippen MR) is 69.9 cm³/mol. The zero-order valence-corrected chi connectivity index (χ0v) is 10.9. The van der Waals surface area contributed by atoms with Crippen molar-refractivity contribution in [1.82, 2.24) is 4.57 Å². The highest BCUT2D eigenvalue weighted by atomic mass is 16.4. The molecule has 2 aromatic rings. The van der Waals surface area contributed by atoms with Crippen LogP contribution in [-0.4, -0.2) is 10.4 Å². The lowest BCUT2D eigenvalue weighted by Gasteiger charge is -2.03. The molecule has 0 radical (unpaired) electrons. The summed E-state index contributed by atoms with van der Waals surface area (Å²) < 4.78 is 6.69. The highest BCUT2D eigenvalue weighted by Crippen LogP contribution is 2.17. The minimum atomic E-state index is -0.374. The fourth-order valence-corrected chi connectivity index (χ4v) is 2.03. The summed E-state index contributed by atoms with van der Waals surface area (Å²) in [7, 11) is 0. The molecule has 2 rings (SSSR count). The van der Waals surface area contributed by atoms with E-state index in [1.807, 2.05) is 20.8 Å². The van der Waals surface area contributed by atoms with Crippen LogP contribution in [0.25, 0.3) is 11.1 Å². The van der Waals surface area contributed by atoms with Gasteiger partial charge >= 0.3 is 5.76 Å². The molecule has 0 saturated carbocycles. The Hall–Kier alpha value is -1.84. The summed E-state index contributed by atoms with van der Waals surface area (Å²) in [5, 5.41) is 0. The molecule has 4 heteroatoms. The lowest BCUT2D eigenvalue weighted by molar-refractivity contribution is 0.0968. The van der Waals surface area contributed by atoms with E-state index in [9.17, 15) is 9.59 Å². The minimum Gasteiger partial charge on any atom is -0.408 e. The van der Waals surface area contributed by atoms with Gasteiger partial charge in [0.05, 0.1) is 5.52 Å². The van der Waals surface area contributed by atoms with Gasteiger partial charge in [-0.1, -0.05) is 13.8 Å². The first-order chi connectivity index (χ1) is 8.52. The quantitative estimate of drug-likeness (QED) is 0.780. The number of ketones is 1. The highest BCUT2D eigenvalue weighted by molar-refractivity contribution is 5.98. The highest BCUT2D eigenvalue weighted by Gasteiger charge is 2.12. The zero-order chi connectivity index (χ0) is 13.3. The second kappa shape index (κ2) is 4.80. The summed E-state index contributed by atoms with van der Waals surface area (Å²) in [6.07, 6.45) is 0.504. The molecule has 0 N–H and O–H groups in total. The van der Waals surface area contributed by atoms with Gasteiger partial charge < -0.3 is 4.42 Å². The van der Waals surface area contributed by atoms with Crippen molar-refractivity contribution in [2.45, 2.75) is 33.7 Å². The zero-order valence-electron chi connectivity index (χ0n) is 10.9. The summed E-state index contributed by atoms with van der Waals surface area (Å²) in [5.74, 6) is 0.0280. The van der Waals surface area contributed by atoms with Crippen LogP contribution < -0.4 is 5.76 Å². The van der Waals surface area contributed by atoms with E-state index in [0.717, 1.165) is 5.52 Å². The Bertz CT molecular complexity index is 634. The number of benzene rings is 1. The van der Waals surface area contributed by atoms with Crippen molar-refractivity contribution in [2.24, 2.45) is 5.92 Å². The van der Waals surface area contributed by atoms with Gasteiger partial charge in [-0.3, -0.25) is 9.36 Å². The van der Waals surface area contributed by atoms with Gasteiger partial charge in [0, 0.05) is 18.5 Å². The van der Waals surface area contributed by atoms with Crippen LogP contribution in [0.2, 0.25) is 0 Å². The average molecular weight is 247 g/mol. The van der Waals surface area contributed by atoms with Crippen molar-refractivity contribution in [1.29, 1.82) is 0 Å². The first-order valence-corrected chi connectivity index (χ1v) is 6.19. The molecule has 0 aliphatic rings. The van der Waals surface area contributed by atoms with Crippen LogP contribution in [0.3, 0.4) is 0 Å². The van der Waals surface area contributed by atoms with Gasteiger partial charge in [0.2, 0.25) is 0 Å². The van der Waals surface area contributed by atoms with Gasteiger partial charge in [0.15, 0.2) is 11.4 Å². The largest absolute Gasteiger partial charge is 0.419 e. The van der Waals surface area contributed by atoms with Crippen LogP contribution in [0, 0.1) is 5.92 Å². The van der Waals surface area contributed by atoms with E-state index < -0.39 is 0 Å². The van der Waals surface area contributed by atoms with Crippen molar-refractivity contribution in [3.63, 3.8) is 0 Å². The smallest absolute Gasteiger partial charge is 0.408 e. The Kier molecular flexibility index (Phi) is 3.36. The monoisotopic (exact) mass is 247 g/mol. The molecule has 1 aromatic heterocycles. The Morgan fingerprint density at radius 2 is 2.11 bits per heavy atom. The number of carbonyl (C=O) groups excluding carboxylic acids is 1. The maximum atomic E-state index is 11.9. The van der Waals surface area contributed by atoms with Crippen LogP contribution in [0.5, 0.6) is 0 Å². The van der Waals surface area contributed by atoms with Crippen LogP contribution in [0.4, 0.5) is 0 Å². The van der Waals surface area contributed by atoms with E-state index in [2.05, 4.69) is 0 Å². The molecule has 0 bridgehead atoms. The number of rotatable bonds is 4. The van der Waals surface area contributed by atoms with E-state index in [0.29, 0.717) is 30.0 Å². The topological polar surface area (TPSA) is 52.2 Å². The normalized spacial score (nSPS) is 11.3. The first-order valence-electron chi connectivity index (χ1n) is 6.19. The molecule has 18 heavy (non-hydrogen) atoms. The number of fused-ring (bicyclic) bond motifs is 1. The van der Waals surface area contributed by atoms with Crippen LogP contribution in [0.1, 0.15) is 37.6 Å². The summed E-state index contributed by atoms with van der Waals surface area (Å²) in [5.41, 5.74) is 1.83. The molecule has 1 aromatic carbocycles. The number of nitrogens with zero attached hydrogens (tertiary/aromatic N) is 1. The van der Waals surface area contributed by atoms with Gasteiger partial charge in [-0.2, -0.15) is 0 Å². The summed E-state index contributed by atoms with van der Waals surface area (Å²) in [4.78, 5) is 23.5. The third-order valence-electron chi connectivity index (χ3n) is 2.90. The summed E-state index contributed by atoms with van der Waals surface area (Å²) >= 11 is 0. The molecule has 4 nitrogen and oxygen atoms in total. The Balaban J connectivity index is 2.45. The van der Waals surface area contributed by atoms with E-state index in [4.69, 9.17) is 4.42 Å². The third-order valence-corrected chi connectivity index (χ3v) is 2.90. The standard InChI is InChI=1S/C14H17NO3/c1-4-15-11-6-5-10(12(16)7-9(2)3)8-13(11)18-14(15)17/h5-6,8-9H,4,7H2,1-3H3. The Morgan fingerprint density at radius 1 is 1.39 bits per heavy atom. The van der Waals surface area contributed by atoms with Crippen LogP contribution in [0.15, 0.2) is 27.4 Å². The number of oxazole rings is 1. The van der Waals surface area contributed by atoms with E-state index >= 15 is 0 Å². The molecule has 0 atom stereocenters. The van der Waals surface area contributed by atoms with Gasteiger partial charge in [0.25, 0.3) is 0 Å². The molecule has 0 unspecified atom stereocenters. The molecular weight excluding hydrogens is 230 g/mol.